The van der Waals surface area contributed by atoms with Gasteiger partial charge in [0.05, 0.1) is 0 Å². The molecule has 4 nitrogen and oxygen atoms in total. The molecule has 1 rings (SSSR count). The van der Waals surface area contributed by atoms with Crippen LogP contribution in [0.1, 0.15) is 5.56 Å². The van der Waals surface area contributed by atoms with Gasteiger partial charge in [0.2, 0.25) is 0 Å². The molecule has 0 unspecified atom stereocenters. The summed E-state index contributed by atoms with van der Waals surface area (Å²) >= 11 is 0. The van der Waals surface area contributed by atoms with E-state index in [-0.39, 0.29) is 10.5 Å². The zero-order valence-corrected chi connectivity index (χ0v) is 8.69. The molecule has 6 heteroatoms. The van der Waals surface area contributed by atoms with Gasteiger partial charge < -0.3 is 4.57 Å². The van der Waals surface area contributed by atoms with Crippen molar-refractivity contribution in [3.8, 4) is 0 Å². The van der Waals surface area contributed by atoms with E-state index in [4.69, 9.17) is 10.7 Å². The predicted molar refractivity (Wildman–Crippen MR) is 49.5 cm³/mol. The number of hydrogen-bond donors (Lipinski definition) is 0. The molecule has 0 saturated carbocycles. The lowest BCUT2D eigenvalue weighted by molar-refractivity contribution is 0.607. The maximum Gasteiger partial charge on any atom is 0.263 e. The van der Waals surface area contributed by atoms with Crippen molar-refractivity contribution in [2.45, 2.75) is 11.8 Å². The molecule has 1 heterocycles. The van der Waals surface area contributed by atoms with E-state index in [1.54, 1.807) is 0 Å². The third kappa shape index (κ3) is 2.10. The molecule has 0 saturated heterocycles. The smallest absolute Gasteiger partial charge is 0.263 e. The van der Waals surface area contributed by atoms with Gasteiger partial charge in [0.25, 0.3) is 14.6 Å². The van der Waals surface area contributed by atoms with Crippen LogP contribution in [0.5, 0.6) is 0 Å². The summed E-state index contributed by atoms with van der Waals surface area (Å²) in [4.78, 5) is 11.0. The number of pyridine rings is 1. The lowest BCUT2D eigenvalue weighted by Crippen LogP contribution is -2.17. The molecule has 0 spiro atoms. The summed E-state index contributed by atoms with van der Waals surface area (Å²) in [6.07, 6.45) is 1.21. The fourth-order valence-corrected chi connectivity index (χ4v) is 2.17. The van der Waals surface area contributed by atoms with Gasteiger partial charge in [0, 0.05) is 30.0 Å². The molecule has 13 heavy (non-hydrogen) atoms. The van der Waals surface area contributed by atoms with E-state index in [9.17, 15) is 13.2 Å². The fourth-order valence-electron chi connectivity index (χ4n) is 0.955. The van der Waals surface area contributed by atoms with Gasteiger partial charge >= 0.3 is 0 Å². The summed E-state index contributed by atoms with van der Waals surface area (Å²) < 4.78 is 23.1. The van der Waals surface area contributed by atoms with E-state index < -0.39 is 9.05 Å². The van der Waals surface area contributed by atoms with Crippen molar-refractivity contribution in [3.05, 3.63) is 28.2 Å². The summed E-state index contributed by atoms with van der Waals surface area (Å²) in [5, 5.41) is 0. The Morgan fingerprint density at radius 2 is 2.00 bits per heavy atom. The SMILES string of the molecule is Cc1cc(=O)n(C)cc1S(=O)(=O)Cl. The Balaban J connectivity index is 3.60. The normalized spacial score (nSPS) is 11.6. The molecular weight excluding hydrogens is 214 g/mol. The first kappa shape index (κ1) is 10.3. The van der Waals surface area contributed by atoms with E-state index in [2.05, 4.69) is 0 Å². The van der Waals surface area contributed by atoms with Crippen molar-refractivity contribution in [2.75, 3.05) is 0 Å². The van der Waals surface area contributed by atoms with Crippen LogP contribution in [0.3, 0.4) is 0 Å². The van der Waals surface area contributed by atoms with Gasteiger partial charge in [-0.2, -0.15) is 0 Å². The van der Waals surface area contributed by atoms with Crippen molar-refractivity contribution in [1.82, 2.24) is 4.57 Å². The maximum absolute atomic E-state index is 11.0. The quantitative estimate of drug-likeness (QED) is 0.654. The monoisotopic (exact) mass is 221 g/mol. The number of nitrogens with zero attached hydrogens (tertiary/aromatic N) is 1. The molecule has 0 aliphatic carbocycles. The largest absolute Gasteiger partial charge is 0.317 e. The summed E-state index contributed by atoms with van der Waals surface area (Å²) in [6.45, 7) is 1.52. The predicted octanol–water partition coefficient (Wildman–Crippen LogP) is 0.621. The average Bonchev–Trinajstić information content (AvgIpc) is 1.94. The molecule has 0 aliphatic heterocycles. The first-order valence-electron chi connectivity index (χ1n) is 3.44. The van der Waals surface area contributed by atoms with Crippen LogP contribution in [0.4, 0.5) is 0 Å². The molecule has 0 fully saturated rings. The second kappa shape index (κ2) is 3.16. The van der Waals surface area contributed by atoms with Crippen LogP contribution in [-0.2, 0) is 16.1 Å². The molecule has 1 aromatic heterocycles. The molecule has 1 aromatic rings. The molecular formula is C7H8ClNO3S. The second-order valence-corrected chi connectivity index (χ2v) is 5.24. The number of aryl methyl sites for hydroxylation is 2. The van der Waals surface area contributed by atoms with E-state index in [0.29, 0.717) is 5.56 Å². The number of aromatic nitrogens is 1. The Morgan fingerprint density at radius 1 is 1.46 bits per heavy atom. The summed E-state index contributed by atoms with van der Waals surface area (Å²) in [5.74, 6) is 0. The molecule has 0 aromatic carbocycles. The minimum Gasteiger partial charge on any atom is -0.317 e. The van der Waals surface area contributed by atoms with Crippen molar-refractivity contribution in [1.29, 1.82) is 0 Å². The first-order valence-corrected chi connectivity index (χ1v) is 5.75. The van der Waals surface area contributed by atoms with E-state index in [1.807, 2.05) is 0 Å². The van der Waals surface area contributed by atoms with Gasteiger partial charge in [0.15, 0.2) is 0 Å². The van der Waals surface area contributed by atoms with Crippen LogP contribution in [0.15, 0.2) is 22.0 Å². The molecule has 0 bridgehead atoms. The molecule has 0 aliphatic rings. The van der Waals surface area contributed by atoms with Crippen LogP contribution in [-0.4, -0.2) is 13.0 Å². The number of hydrogen-bond acceptors (Lipinski definition) is 3. The van der Waals surface area contributed by atoms with Crippen LogP contribution < -0.4 is 5.56 Å². The number of halogens is 1. The maximum atomic E-state index is 11.0. The van der Waals surface area contributed by atoms with Crippen LogP contribution in [0, 0.1) is 6.92 Å². The Hall–Kier alpha value is -0.810. The van der Waals surface area contributed by atoms with Gasteiger partial charge in [0.1, 0.15) is 4.90 Å². The lowest BCUT2D eigenvalue weighted by Gasteiger charge is -2.03. The van der Waals surface area contributed by atoms with Gasteiger partial charge in [-0.05, 0) is 12.5 Å². The minimum absolute atomic E-state index is 0.0312. The van der Waals surface area contributed by atoms with Crippen LogP contribution in [0.25, 0.3) is 0 Å². The average molecular weight is 222 g/mol. The molecule has 0 N–H and O–H groups in total. The highest BCUT2D eigenvalue weighted by Gasteiger charge is 2.14. The zero-order valence-electron chi connectivity index (χ0n) is 7.11. The van der Waals surface area contributed by atoms with E-state index >= 15 is 0 Å². The van der Waals surface area contributed by atoms with E-state index in [1.165, 1.54) is 30.8 Å². The highest BCUT2D eigenvalue weighted by molar-refractivity contribution is 8.13. The highest BCUT2D eigenvalue weighted by Crippen LogP contribution is 2.16. The Bertz CT molecular complexity index is 489. The van der Waals surface area contributed by atoms with Crippen LogP contribution >= 0.6 is 10.7 Å². The first-order chi connectivity index (χ1) is 5.82. The molecule has 0 radical (unpaired) electrons. The van der Waals surface area contributed by atoms with Gasteiger partial charge in [-0.25, -0.2) is 8.42 Å². The fraction of sp³-hybridized carbons (Fsp3) is 0.286. The Morgan fingerprint density at radius 3 is 2.46 bits per heavy atom. The second-order valence-electron chi connectivity index (χ2n) is 2.71. The third-order valence-electron chi connectivity index (χ3n) is 1.65. The topological polar surface area (TPSA) is 56.1 Å². The van der Waals surface area contributed by atoms with Gasteiger partial charge in [-0.15, -0.1) is 0 Å². The third-order valence-corrected chi connectivity index (χ3v) is 3.10. The molecule has 72 valence electrons. The summed E-state index contributed by atoms with van der Waals surface area (Å²) in [6, 6.07) is 1.23. The van der Waals surface area contributed by atoms with Gasteiger partial charge in [-0.3, -0.25) is 4.79 Å². The van der Waals surface area contributed by atoms with Gasteiger partial charge in [-0.1, -0.05) is 0 Å². The standard InChI is InChI=1S/C7H8ClNO3S/c1-5-3-7(10)9(2)4-6(5)13(8,11)12/h3-4H,1-2H3. The van der Waals surface area contributed by atoms with E-state index in [0.717, 1.165) is 0 Å². The zero-order chi connectivity index (χ0) is 10.2. The Kier molecular flexibility index (Phi) is 2.49. The van der Waals surface area contributed by atoms with Crippen LogP contribution in [0.2, 0.25) is 0 Å². The van der Waals surface area contributed by atoms with Crippen molar-refractivity contribution in [2.24, 2.45) is 7.05 Å². The molecule has 0 amide bonds. The van der Waals surface area contributed by atoms with Crippen molar-refractivity contribution < 1.29 is 8.42 Å². The van der Waals surface area contributed by atoms with Crippen molar-refractivity contribution >= 4 is 19.7 Å². The molecule has 0 atom stereocenters. The minimum atomic E-state index is -3.76. The number of rotatable bonds is 1. The van der Waals surface area contributed by atoms with Crippen molar-refractivity contribution in [3.63, 3.8) is 0 Å². The highest BCUT2D eigenvalue weighted by atomic mass is 35.7. The summed E-state index contributed by atoms with van der Waals surface area (Å²) in [7, 11) is 2.85. The lowest BCUT2D eigenvalue weighted by atomic mass is 10.3. The summed E-state index contributed by atoms with van der Waals surface area (Å²) in [5.41, 5.74) is 0.0969. The Labute approximate surface area is 80.2 Å².